The number of rotatable bonds is 10. The van der Waals surface area contributed by atoms with Crippen molar-refractivity contribution < 1.29 is 24.3 Å². The molecule has 0 bridgehead atoms. The Morgan fingerprint density at radius 1 is 1.10 bits per heavy atom. The van der Waals surface area contributed by atoms with E-state index >= 15 is 0 Å². The van der Waals surface area contributed by atoms with Gasteiger partial charge in [-0.3, -0.25) is 14.4 Å². The molecule has 29 heavy (non-hydrogen) atoms. The van der Waals surface area contributed by atoms with E-state index in [9.17, 15) is 24.3 Å². The van der Waals surface area contributed by atoms with Gasteiger partial charge in [-0.25, -0.2) is 4.79 Å². The maximum atomic E-state index is 12.3. The summed E-state index contributed by atoms with van der Waals surface area (Å²) < 4.78 is 0. The van der Waals surface area contributed by atoms with Crippen LogP contribution in [-0.4, -0.2) is 46.9 Å². The van der Waals surface area contributed by atoms with E-state index in [1.54, 1.807) is 0 Å². The summed E-state index contributed by atoms with van der Waals surface area (Å²) in [5, 5.41) is 25.3. The minimum absolute atomic E-state index is 0.186. The number of aliphatic carboxylic acids is 1. The zero-order chi connectivity index (χ0) is 21.2. The Bertz CT molecular complexity index is 790. The first-order chi connectivity index (χ1) is 13.9. The Hall–Kier alpha value is -3.41. The minimum Gasteiger partial charge on any atom is -0.480 e. The molecule has 0 spiro atoms. The van der Waals surface area contributed by atoms with Gasteiger partial charge in [0.05, 0.1) is 12.5 Å². The molecule has 9 heteroatoms. The second kappa shape index (κ2) is 10.8. The normalized spacial score (nSPS) is 19.4. The van der Waals surface area contributed by atoms with E-state index in [4.69, 9.17) is 5.26 Å². The van der Waals surface area contributed by atoms with Crippen molar-refractivity contribution in [1.29, 1.82) is 5.26 Å². The lowest BCUT2D eigenvalue weighted by Gasteiger charge is -2.29. The van der Waals surface area contributed by atoms with Crippen LogP contribution in [0, 0.1) is 11.3 Å². The van der Waals surface area contributed by atoms with Crippen molar-refractivity contribution in [3.8, 4) is 6.07 Å². The van der Waals surface area contributed by atoms with E-state index in [0.717, 1.165) is 5.56 Å². The molecular formula is C20H24N4O5. The van der Waals surface area contributed by atoms with Crippen LogP contribution in [0.2, 0.25) is 0 Å². The second-order valence-corrected chi connectivity index (χ2v) is 6.88. The van der Waals surface area contributed by atoms with Gasteiger partial charge in [0.15, 0.2) is 0 Å². The van der Waals surface area contributed by atoms with E-state index < -0.39 is 41.8 Å². The third-order valence-corrected chi connectivity index (χ3v) is 4.60. The van der Waals surface area contributed by atoms with Crippen LogP contribution in [0.1, 0.15) is 37.7 Å². The lowest BCUT2D eigenvalue weighted by molar-refractivity contribution is -0.143. The summed E-state index contributed by atoms with van der Waals surface area (Å²) in [4.78, 5) is 48.1. The number of nitrogens with zero attached hydrogens (tertiary/aromatic N) is 1. The average molecular weight is 400 g/mol. The largest absolute Gasteiger partial charge is 0.480 e. The predicted molar refractivity (Wildman–Crippen MR) is 102 cm³/mol. The zero-order valence-electron chi connectivity index (χ0n) is 15.9. The van der Waals surface area contributed by atoms with E-state index in [0.29, 0.717) is 25.7 Å². The fraction of sp³-hybridized carbons (Fsp3) is 0.450. The monoisotopic (exact) mass is 400 g/mol. The molecule has 3 atom stereocenters. The Balaban J connectivity index is 1.85. The third kappa shape index (κ3) is 6.92. The first-order valence-corrected chi connectivity index (χ1v) is 9.44. The van der Waals surface area contributed by atoms with Crippen LogP contribution in [0.15, 0.2) is 30.3 Å². The van der Waals surface area contributed by atoms with Crippen molar-refractivity contribution in [2.45, 2.75) is 56.7 Å². The van der Waals surface area contributed by atoms with Crippen LogP contribution in [0.4, 0.5) is 0 Å². The first-order valence-electron chi connectivity index (χ1n) is 9.44. The molecule has 1 aliphatic heterocycles. The SMILES string of the molecule is N#CCCCC[C@@H](NC(=O)C[C@@H]1NC(=O)[C@H](Cc2ccccc2)NC1=O)C(=O)O. The number of benzene rings is 1. The van der Waals surface area contributed by atoms with Crippen molar-refractivity contribution in [2.75, 3.05) is 0 Å². The summed E-state index contributed by atoms with van der Waals surface area (Å²) in [5.41, 5.74) is 0.893. The number of amides is 3. The summed E-state index contributed by atoms with van der Waals surface area (Å²) in [6, 6.07) is 8.32. The van der Waals surface area contributed by atoms with Gasteiger partial charge in [0.25, 0.3) is 0 Å². The predicted octanol–water partition coefficient (Wildman–Crippen LogP) is 0.256. The molecule has 4 N–H and O–H groups in total. The third-order valence-electron chi connectivity index (χ3n) is 4.60. The Labute approximate surface area is 168 Å². The summed E-state index contributed by atoms with van der Waals surface area (Å²) in [5.74, 6) is -2.70. The molecule has 3 amide bonds. The second-order valence-electron chi connectivity index (χ2n) is 6.88. The van der Waals surface area contributed by atoms with Crippen molar-refractivity contribution in [2.24, 2.45) is 0 Å². The molecular weight excluding hydrogens is 376 g/mol. The molecule has 0 unspecified atom stereocenters. The number of carboxylic acid groups (broad SMARTS) is 1. The smallest absolute Gasteiger partial charge is 0.326 e. The molecule has 0 aromatic heterocycles. The van der Waals surface area contributed by atoms with E-state index in [-0.39, 0.29) is 12.8 Å². The highest BCUT2D eigenvalue weighted by Gasteiger charge is 2.35. The van der Waals surface area contributed by atoms with Crippen LogP contribution in [0.25, 0.3) is 0 Å². The Morgan fingerprint density at radius 3 is 2.41 bits per heavy atom. The van der Waals surface area contributed by atoms with Gasteiger partial charge in [-0.2, -0.15) is 5.26 Å². The highest BCUT2D eigenvalue weighted by molar-refractivity contribution is 5.99. The van der Waals surface area contributed by atoms with Crippen LogP contribution in [0.3, 0.4) is 0 Å². The van der Waals surface area contributed by atoms with Crippen molar-refractivity contribution in [3.05, 3.63) is 35.9 Å². The Morgan fingerprint density at radius 2 is 1.76 bits per heavy atom. The molecule has 9 nitrogen and oxygen atoms in total. The number of carbonyl (C=O) groups excluding carboxylic acids is 3. The summed E-state index contributed by atoms with van der Waals surface area (Å²) in [7, 11) is 0. The van der Waals surface area contributed by atoms with Gasteiger partial charge in [0, 0.05) is 12.8 Å². The average Bonchev–Trinajstić information content (AvgIpc) is 2.68. The van der Waals surface area contributed by atoms with Crippen LogP contribution in [0.5, 0.6) is 0 Å². The first kappa shape index (κ1) is 21.9. The standard InChI is InChI=1S/C20H24N4O5/c21-10-6-2-5-9-14(20(28)29)22-17(25)12-16-19(27)23-15(18(26)24-16)11-13-7-3-1-4-8-13/h1,3-4,7-8,14-16H,2,5-6,9,11-12H2,(H,22,25)(H,23,27)(H,24,26)(H,28,29)/t14-,15+,16+/m1/s1. The maximum Gasteiger partial charge on any atom is 0.326 e. The molecule has 1 aliphatic rings. The Kier molecular flexibility index (Phi) is 8.15. The highest BCUT2D eigenvalue weighted by Crippen LogP contribution is 2.09. The number of piperazine rings is 1. The molecule has 0 radical (unpaired) electrons. The van der Waals surface area contributed by atoms with Crippen LogP contribution >= 0.6 is 0 Å². The van der Waals surface area contributed by atoms with E-state index in [1.807, 2.05) is 36.4 Å². The maximum absolute atomic E-state index is 12.3. The molecule has 2 rings (SSSR count). The molecule has 1 saturated heterocycles. The fourth-order valence-electron chi connectivity index (χ4n) is 3.06. The fourth-order valence-corrected chi connectivity index (χ4v) is 3.06. The topological polar surface area (TPSA) is 148 Å². The van der Waals surface area contributed by atoms with Crippen LogP contribution < -0.4 is 16.0 Å². The van der Waals surface area contributed by atoms with Crippen molar-refractivity contribution in [1.82, 2.24) is 16.0 Å². The summed E-state index contributed by atoms with van der Waals surface area (Å²) in [6.45, 7) is 0. The minimum atomic E-state index is -1.18. The number of unbranched alkanes of at least 4 members (excludes halogenated alkanes) is 2. The zero-order valence-corrected chi connectivity index (χ0v) is 15.9. The molecule has 1 aromatic carbocycles. The molecule has 0 aliphatic carbocycles. The highest BCUT2D eigenvalue weighted by atomic mass is 16.4. The van der Waals surface area contributed by atoms with Gasteiger partial charge in [0.1, 0.15) is 18.1 Å². The van der Waals surface area contributed by atoms with E-state index in [1.165, 1.54) is 0 Å². The number of carbonyl (C=O) groups is 4. The molecule has 1 heterocycles. The lowest BCUT2D eigenvalue weighted by atomic mass is 10.0. The summed E-state index contributed by atoms with van der Waals surface area (Å²) >= 11 is 0. The molecule has 0 saturated carbocycles. The number of carboxylic acids is 1. The van der Waals surface area contributed by atoms with Crippen molar-refractivity contribution >= 4 is 23.7 Å². The number of hydrogen-bond donors (Lipinski definition) is 4. The van der Waals surface area contributed by atoms with Crippen molar-refractivity contribution in [3.63, 3.8) is 0 Å². The van der Waals surface area contributed by atoms with E-state index in [2.05, 4.69) is 16.0 Å². The quantitative estimate of drug-likeness (QED) is 0.414. The van der Waals surface area contributed by atoms with Gasteiger partial charge < -0.3 is 21.1 Å². The van der Waals surface area contributed by atoms with Gasteiger partial charge in [-0.1, -0.05) is 30.3 Å². The number of nitriles is 1. The summed E-state index contributed by atoms with van der Waals surface area (Å²) in [6.07, 6.45) is 1.51. The van der Waals surface area contributed by atoms with Gasteiger partial charge in [0.2, 0.25) is 17.7 Å². The number of nitrogens with one attached hydrogen (secondary N) is 3. The van der Waals surface area contributed by atoms with Gasteiger partial charge >= 0.3 is 5.97 Å². The number of hydrogen-bond acceptors (Lipinski definition) is 5. The molecule has 154 valence electrons. The van der Waals surface area contributed by atoms with Gasteiger partial charge in [-0.05, 0) is 24.8 Å². The molecule has 1 aromatic rings. The van der Waals surface area contributed by atoms with Crippen LogP contribution in [-0.2, 0) is 25.6 Å². The van der Waals surface area contributed by atoms with Gasteiger partial charge in [-0.15, -0.1) is 0 Å². The lowest BCUT2D eigenvalue weighted by Crippen LogP contribution is -2.63. The molecule has 1 fully saturated rings.